The van der Waals surface area contributed by atoms with E-state index in [2.05, 4.69) is 9.88 Å². The Morgan fingerprint density at radius 1 is 1.08 bits per heavy atom. The first-order valence-electron chi connectivity index (χ1n) is 11.7. The molecule has 1 saturated heterocycles. The molecule has 3 aromatic carbocycles. The molecule has 1 fully saturated rings. The SMILES string of the molecule is CS(=O)(=O)c1ccc2nc(N(CCN3CCOCC3)C(=O)COc3ccc4ccccc4c3)sc2c1.Cl. The number of nitrogens with zero attached hydrogens (tertiary/aromatic N) is 3. The van der Waals surface area contributed by atoms with Crippen molar-refractivity contribution in [3.63, 3.8) is 0 Å². The Labute approximate surface area is 226 Å². The van der Waals surface area contributed by atoms with Crippen molar-refractivity contribution >= 4 is 65.6 Å². The van der Waals surface area contributed by atoms with Gasteiger partial charge >= 0.3 is 0 Å². The molecule has 1 aliphatic heterocycles. The monoisotopic (exact) mass is 561 g/mol. The second-order valence-electron chi connectivity index (χ2n) is 8.70. The molecule has 0 unspecified atom stereocenters. The summed E-state index contributed by atoms with van der Waals surface area (Å²) in [6, 6.07) is 18.6. The Hall–Kier alpha value is -2.76. The number of fused-ring (bicyclic) bond motifs is 2. The van der Waals surface area contributed by atoms with Crippen LogP contribution in [0.5, 0.6) is 5.75 Å². The van der Waals surface area contributed by atoms with Crippen molar-refractivity contribution in [3.05, 3.63) is 60.7 Å². The van der Waals surface area contributed by atoms with Crippen molar-refractivity contribution < 1.29 is 22.7 Å². The predicted molar refractivity (Wildman–Crippen MR) is 149 cm³/mol. The summed E-state index contributed by atoms with van der Waals surface area (Å²) in [7, 11) is -3.34. The van der Waals surface area contributed by atoms with Crippen LogP contribution in [0.25, 0.3) is 21.0 Å². The van der Waals surface area contributed by atoms with E-state index < -0.39 is 9.84 Å². The van der Waals surface area contributed by atoms with Crippen LogP contribution in [0.4, 0.5) is 5.13 Å². The van der Waals surface area contributed by atoms with Crippen molar-refractivity contribution in [2.45, 2.75) is 4.90 Å². The third-order valence-electron chi connectivity index (χ3n) is 6.14. The highest BCUT2D eigenvalue weighted by molar-refractivity contribution is 7.90. The quantitative estimate of drug-likeness (QED) is 0.321. The molecule has 1 amide bonds. The number of sulfone groups is 1. The molecule has 196 valence electrons. The minimum atomic E-state index is -3.34. The van der Waals surface area contributed by atoms with Gasteiger partial charge in [0.1, 0.15) is 5.75 Å². The number of ether oxygens (including phenoxy) is 2. The van der Waals surface area contributed by atoms with Gasteiger partial charge in [0.15, 0.2) is 21.6 Å². The third-order valence-corrected chi connectivity index (χ3v) is 8.29. The van der Waals surface area contributed by atoms with Gasteiger partial charge in [0.2, 0.25) is 0 Å². The molecular formula is C26H28ClN3O5S2. The number of hydrogen-bond acceptors (Lipinski definition) is 8. The summed E-state index contributed by atoms with van der Waals surface area (Å²) < 4.78 is 36.0. The molecule has 4 aromatic rings. The Bertz CT molecular complexity index is 1500. The maximum Gasteiger partial charge on any atom is 0.266 e. The van der Waals surface area contributed by atoms with Crippen LogP contribution in [0.3, 0.4) is 0 Å². The maximum absolute atomic E-state index is 13.4. The predicted octanol–water partition coefficient (Wildman–Crippen LogP) is 4.02. The number of anilines is 1. The van der Waals surface area contributed by atoms with Crippen LogP contribution in [-0.2, 0) is 19.4 Å². The van der Waals surface area contributed by atoms with Gasteiger partial charge in [-0.3, -0.25) is 14.6 Å². The van der Waals surface area contributed by atoms with Gasteiger partial charge in [-0.15, -0.1) is 12.4 Å². The molecule has 0 bridgehead atoms. The minimum absolute atomic E-state index is 0. The highest BCUT2D eigenvalue weighted by atomic mass is 35.5. The van der Waals surface area contributed by atoms with Crippen molar-refractivity contribution in [2.24, 2.45) is 0 Å². The molecule has 0 radical (unpaired) electrons. The highest BCUT2D eigenvalue weighted by Crippen LogP contribution is 2.31. The van der Waals surface area contributed by atoms with E-state index in [4.69, 9.17) is 9.47 Å². The minimum Gasteiger partial charge on any atom is -0.484 e. The van der Waals surface area contributed by atoms with Crippen LogP contribution in [-0.4, -0.2) is 76.5 Å². The first kappa shape index (κ1) is 27.3. The van der Waals surface area contributed by atoms with Crippen LogP contribution in [0.2, 0.25) is 0 Å². The zero-order chi connectivity index (χ0) is 25.1. The normalized spacial score (nSPS) is 14.4. The number of hydrogen-bond donors (Lipinski definition) is 0. The second-order valence-corrected chi connectivity index (χ2v) is 11.7. The molecule has 1 aromatic heterocycles. The van der Waals surface area contributed by atoms with E-state index in [1.165, 1.54) is 17.6 Å². The van der Waals surface area contributed by atoms with Crippen LogP contribution in [0, 0.1) is 0 Å². The molecule has 37 heavy (non-hydrogen) atoms. The number of benzene rings is 3. The average Bonchev–Trinajstić information content (AvgIpc) is 3.30. The van der Waals surface area contributed by atoms with E-state index in [1.54, 1.807) is 23.1 Å². The van der Waals surface area contributed by atoms with Gasteiger partial charge < -0.3 is 9.47 Å². The number of halogens is 1. The Morgan fingerprint density at radius 3 is 2.59 bits per heavy atom. The van der Waals surface area contributed by atoms with E-state index in [-0.39, 0.29) is 29.8 Å². The molecular weight excluding hydrogens is 534 g/mol. The Balaban J connectivity index is 0.00000320. The lowest BCUT2D eigenvalue weighted by Crippen LogP contribution is -2.44. The number of aromatic nitrogens is 1. The lowest BCUT2D eigenvalue weighted by Gasteiger charge is -2.29. The van der Waals surface area contributed by atoms with Crippen LogP contribution in [0.1, 0.15) is 0 Å². The second kappa shape index (κ2) is 11.7. The fourth-order valence-corrected chi connectivity index (χ4v) is 5.88. The van der Waals surface area contributed by atoms with Gasteiger partial charge in [0, 0.05) is 32.4 Å². The van der Waals surface area contributed by atoms with Gasteiger partial charge in [-0.25, -0.2) is 13.4 Å². The highest BCUT2D eigenvalue weighted by Gasteiger charge is 2.23. The zero-order valence-corrected chi connectivity index (χ0v) is 22.8. The van der Waals surface area contributed by atoms with Crippen molar-refractivity contribution in [3.8, 4) is 5.75 Å². The van der Waals surface area contributed by atoms with Gasteiger partial charge in [-0.05, 0) is 41.1 Å². The molecule has 0 atom stereocenters. The average molecular weight is 562 g/mol. The fourth-order valence-electron chi connectivity index (χ4n) is 4.11. The maximum atomic E-state index is 13.4. The number of carbonyl (C=O) groups is 1. The molecule has 11 heteroatoms. The van der Waals surface area contributed by atoms with Crippen LogP contribution >= 0.6 is 23.7 Å². The van der Waals surface area contributed by atoms with Crippen LogP contribution in [0.15, 0.2) is 65.6 Å². The van der Waals surface area contributed by atoms with Gasteiger partial charge in [-0.2, -0.15) is 0 Å². The van der Waals surface area contributed by atoms with Gasteiger partial charge in [0.25, 0.3) is 5.91 Å². The summed E-state index contributed by atoms with van der Waals surface area (Å²) in [4.78, 5) is 22.2. The van der Waals surface area contributed by atoms with E-state index in [9.17, 15) is 13.2 Å². The molecule has 5 rings (SSSR count). The number of thiazole rings is 1. The van der Waals surface area contributed by atoms with E-state index in [1.807, 2.05) is 42.5 Å². The molecule has 2 heterocycles. The van der Waals surface area contributed by atoms with E-state index in [0.29, 0.717) is 47.4 Å². The lowest BCUT2D eigenvalue weighted by atomic mass is 10.1. The van der Waals surface area contributed by atoms with Crippen molar-refractivity contribution in [1.82, 2.24) is 9.88 Å². The molecule has 0 spiro atoms. The lowest BCUT2D eigenvalue weighted by molar-refractivity contribution is -0.120. The first-order chi connectivity index (χ1) is 17.4. The Kier molecular flexibility index (Phi) is 8.66. The third kappa shape index (κ3) is 6.58. The number of amides is 1. The summed E-state index contributed by atoms with van der Waals surface area (Å²) in [5, 5.41) is 2.67. The van der Waals surface area contributed by atoms with Crippen molar-refractivity contribution in [2.75, 3.05) is 57.2 Å². The van der Waals surface area contributed by atoms with Crippen LogP contribution < -0.4 is 9.64 Å². The van der Waals surface area contributed by atoms with Gasteiger partial charge in [-0.1, -0.05) is 41.7 Å². The fraction of sp³-hybridized carbons (Fsp3) is 0.308. The number of rotatable bonds is 8. The van der Waals surface area contributed by atoms with E-state index >= 15 is 0 Å². The summed E-state index contributed by atoms with van der Waals surface area (Å²) in [6.07, 6.45) is 1.18. The number of carbonyl (C=O) groups excluding carboxylic acids is 1. The summed E-state index contributed by atoms with van der Waals surface area (Å²) in [5.41, 5.74) is 0.655. The topological polar surface area (TPSA) is 89.0 Å². The Morgan fingerprint density at radius 2 is 1.84 bits per heavy atom. The van der Waals surface area contributed by atoms with E-state index in [0.717, 1.165) is 23.9 Å². The smallest absolute Gasteiger partial charge is 0.266 e. The summed E-state index contributed by atoms with van der Waals surface area (Å²) in [5.74, 6) is 0.413. The largest absolute Gasteiger partial charge is 0.484 e. The molecule has 0 N–H and O–H groups in total. The molecule has 8 nitrogen and oxygen atoms in total. The zero-order valence-electron chi connectivity index (χ0n) is 20.3. The first-order valence-corrected chi connectivity index (χ1v) is 14.4. The summed E-state index contributed by atoms with van der Waals surface area (Å²) in [6.45, 7) is 3.96. The molecule has 0 aliphatic carbocycles. The number of morpholine rings is 1. The molecule has 1 aliphatic rings. The molecule has 0 saturated carbocycles. The standard InChI is InChI=1S/C26H27N3O5S2.ClH/c1-36(31,32)22-8-9-23-24(17-22)35-26(27-23)29(11-10-28-12-14-33-15-13-28)25(30)18-34-21-7-6-19-4-2-3-5-20(19)16-21;/h2-9,16-17H,10-15,18H2,1H3;1H. The van der Waals surface area contributed by atoms with Crippen molar-refractivity contribution in [1.29, 1.82) is 0 Å². The van der Waals surface area contributed by atoms with Gasteiger partial charge in [0.05, 0.1) is 28.3 Å². The summed E-state index contributed by atoms with van der Waals surface area (Å²) >= 11 is 1.30.